The van der Waals surface area contributed by atoms with Crippen molar-refractivity contribution in [3.63, 3.8) is 0 Å². The number of fused-ring (bicyclic) bond motifs is 2. The summed E-state index contributed by atoms with van der Waals surface area (Å²) in [4.78, 5) is 0. The van der Waals surface area contributed by atoms with Crippen molar-refractivity contribution in [3.05, 3.63) is 83.9 Å². The number of ether oxygens (including phenoxy) is 2. The topological polar surface area (TPSA) is 96.9 Å². The minimum atomic E-state index is -3.67. The van der Waals surface area contributed by atoms with Gasteiger partial charge in [0.25, 0.3) is 10.1 Å². The Morgan fingerprint density at radius 1 is 0.600 bits per heavy atom. The minimum Gasteiger partial charge on any atom is -0.493 e. The van der Waals surface area contributed by atoms with Crippen molar-refractivity contribution in [1.29, 1.82) is 0 Å². The van der Waals surface area contributed by atoms with Crippen LogP contribution in [0, 0.1) is 0 Å². The lowest BCUT2D eigenvalue weighted by atomic mass is 10.0. The molecule has 3 N–H and O–H groups in total. The molecule has 4 rings (SSSR count). The molecule has 45 heavy (non-hydrogen) atoms. The van der Waals surface area contributed by atoms with E-state index >= 15 is 0 Å². The zero-order chi connectivity index (χ0) is 32.3. The summed E-state index contributed by atoms with van der Waals surface area (Å²) in [5.41, 5.74) is 2.51. The predicted molar refractivity (Wildman–Crippen MR) is 188 cm³/mol. The number of rotatable bonds is 19. The molecule has 0 saturated carbocycles. The lowest BCUT2D eigenvalue weighted by molar-refractivity contribution is 0.309. The third-order valence-electron chi connectivity index (χ3n) is 7.50. The van der Waals surface area contributed by atoms with Gasteiger partial charge in [-0.2, -0.15) is 8.42 Å². The number of hydrogen-bond donors (Lipinski definition) is 3. The third kappa shape index (κ3) is 13.4. The highest BCUT2D eigenvalue weighted by Gasteiger charge is 2.10. The zero-order valence-electron chi connectivity index (χ0n) is 27.3. The third-order valence-corrected chi connectivity index (χ3v) is 7.50. The molecule has 0 spiro atoms. The van der Waals surface area contributed by atoms with E-state index < -0.39 is 10.1 Å². The maximum Gasteiger partial charge on any atom is 0.261 e. The molecule has 4 aromatic carbocycles. The van der Waals surface area contributed by atoms with E-state index in [-0.39, 0.29) is 0 Å². The largest absolute Gasteiger partial charge is 0.493 e. The van der Waals surface area contributed by atoms with Gasteiger partial charge in [-0.25, -0.2) is 0 Å². The van der Waals surface area contributed by atoms with Gasteiger partial charge in [0.15, 0.2) is 0 Å². The summed E-state index contributed by atoms with van der Waals surface area (Å²) in [5.74, 6) is 2.10. The highest BCUT2D eigenvalue weighted by Crippen LogP contribution is 2.31. The second kappa shape index (κ2) is 20.1. The average Bonchev–Trinajstić information content (AvgIpc) is 3.02. The molecular weight excluding hydrogens is 584 g/mol. The summed E-state index contributed by atoms with van der Waals surface area (Å²) in [6.07, 6.45) is 10.0. The Labute approximate surface area is 270 Å². The highest BCUT2D eigenvalue weighted by molar-refractivity contribution is 7.85. The van der Waals surface area contributed by atoms with Crippen molar-refractivity contribution in [1.82, 2.24) is 10.6 Å². The zero-order valence-corrected chi connectivity index (χ0v) is 28.1. The molecule has 0 aromatic heterocycles. The van der Waals surface area contributed by atoms with E-state index in [2.05, 4.69) is 97.3 Å². The summed E-state index contributed by atoms with van der Waals surface area (Å²) >= 11 is 0. The van der Waals surface area contributed by atoms with Gasteiger partial charge < -0.3 is 20.1 Å². The summed E-state index contributed by atoms with van der Waals surface area (Å²) in [6.45, 7) is 9.73. The molecule has 8 heteroatoms. The maximum absolute atomic E-state index is 9.19. The molecule has 0 fully saturated rings. The van der Waals surface area contributed by atoms with Gasteiger partial charge in [-0.1, -0.05) is 112 Å². The fraction of sp³-hybridized carbons (Fsp3) is 0.459. The first kappa shape index (κ1) is 36.3. The summed E-state index contributed by atoms with van der Waals surface area (Å²) in [5, 5.41) is 12.2. The van der Waals surface area contributed by atoms with Gasteiger partial charge in [-0.05, 0) is 49.5 Å². The quantitative estimate of drug-likeness (QED) is 0.0704. The van der Waals surface area contributed by atoms with E-state index in [1.165, 1.54) is 58.4 Å². The highest BCUT2D eigenvalue weighted by atomic mass is 32.2. The van der Waals surface area contributed by atoms with Crippen molar-refractivity contribution in [2.24, 2.45) is 0 Å². The van der Waals surface area contributed by atoms with Crippen LogP contribution in [-0.4, -0.2) is 45.5 Å². The Morgan fingerprint density at radius 3 is 1.40 bits per heavy atom. The summed E-state index contributed by atoms with van der Waals surface area (Å²) in [7, 11) is -3.67. The Balaban J connectivity index is 0.00000102. The Bertz CT molecular complexity index is 1430. The number of benzene rings is 4. The second-order valence-corrected chi connectivity index (χ2v) is 12.9. The van der Waals surface area contributed by atoms with Crippen molar-refractivity contribution in [2.75, 3.05) is 32.6 Å². The Morgan fingerprint density at radius 2 is 1.00 bits per heavy atom. The fourth-order valence-electron chi connectivity index (χ4n) is 5.13. The van der Waals surface area contributed by atoms with Gasteiger partial charge in [-0.3, -0.25) is 4.55 Å². The molecular formula is C37H52N2O5S. The molecule has 0 aliphatic heterocycles. The number of nitrogens with one attached hydrogen (secondary N) is 2. The monoisotopic (exact) mass is 636 g/mol. The van der Waals surface area contributed by atoms with Crippen LogP contribution in [0.4, 0.5) is 0 Å². The number of hydrogen-bond acceptors (Lipinski definition) is 6. The van der Waals surface area contributed by atoms with Crippen molar-refractivity contribution < 1.29 is 22.4 Å². The van der Waals surface area contributed by atoms with Gasteiger partial charge in [0, 0.05) is 35.0 Å². The van der Waals surface area contributed by atoms with Gasteiger partial charge >= 0.3 is 0 Å². The SMILES string of the molecule is CCCCOc1c(CNCCCCCCNCc2ccc3ccccc3c2OCCCC)ccc2ccccc12.CS(=O)(=O)O. The molecule has 7 nitrogen and oxygen atoms in total. The van der Waals surface area contributed by atoms with Gasteiger partial charge in [-0.15, -0.1) is 0 Å². The average molecular weight is 637 g/mol. The molecule has 4 aromatic rings. The second-order valence-electron chi connectivity index (χ2n) is 11.5. The molecule has 0 radical (unpaired) electrons. The minimum absolute atomic E-state index is 0.715. The van der Waals surface area contributed by atoms with Crippen LogP contribution in [0.25, 0.3) is 21.5 Å². The van der Waals surface area contributed by atoms with Crippen LogP contribution < -0.4 is 20.1 Å². The Hall–Kier alpha value is -3.17. The predicted octanol–water partition coefficient (Wildman–Crippen LogP) is 8.29. The van der Waals surface area contributed by atoms with Crippen LogP contribution in [0.1, 0.15) is 76.3 Å². The van der Waals surface area contributed by atoms with E-state index in [0.29, 0.717) is 6.26 Å². The van der Waals surface area contributed by atoms with Crippen LogP contribution in [0.5, 0.6) is 11.5 Å². The first-order valence-electron chi connectivity index (χ1n) is 16.4. The molecule has 0 heterocycles. The van der Waals surface area contributed by atoms with Gasteiger partial charge in [0.2, 0.25) is 0 Å². The van der Waals surface area contributed by atoms with Crippen LogP contribution >= 0.6 is 0 Å². The van der Waals surface area contributed by atoms with E-state index in [1.807, 2.05) is 0 Å². The molecule has 0 amide bonds. The van der Waals surface area contributed by atoms with E-state index in [9.17, 15) is 8.42 Å². The molecule has 0 atom stereocenters. The van der Waals surface area contributed by atoms with E-state index in [1.54, 1.807) is 0 Å². The number of unbranched alkanes of at least 4 members (excludes halogenated alkanes) is 5. The van der Waals surface area contributed by atoms with Crippen LogP contribution in [0.15, 0.2) is 72.8 Å². The summed E-state index contributed by atoms with van der Waals surface area (Å²) < 4.78 is 38.4. The molecule has 0 aliphatic rings. The van der Waals surface area contributed by atoms with Crippen molar-refractivity contribution in [3.8, 4) is 11.5 Å². The molecule has 0 bridgehead atoms. The van der Waals surface area contributed by atoms with Crippen LogP contribution in [0.2, 0.25) is 0 Å². The standard InChI is InChI=1S/C36H48N2O2.CH4O3S/c1-3-5-25-39-35-31(21-19-29-15-9-11-17-33(29)35)27-37-23-13-7-8-14-24-38-28-32-22-20-30-16-10-12-18-34(30)36(32)40-26-6-4-2;1-5(2,3)4/h9-12,15-22,37-38H,3-8,13-14,23-28H2,1-2H3;1H3,(H,2,3,4). The van der Waals surface area contributed by atoms with E-state index in [0.717, 1.165) is 76.6 Å². The maximum atomic E-state index is 9.19. The lowest BCUT2D eigenvalue weighted by Gasteiger charge is -2.15. The fourth-order valence-corrected chi connectivity index (χ4v) is 5.13. The molecule has 246 valence electrons. The van der Waals surface area contributed by atoms with E-state index in [4.69, 9.17) is 14.0 Å². The normalized spacial score (nSPS) is 11.4. The van der Waals surface area contributed by atoms with Crippen LogP contribution in [-0.2, 0) is 23.2 Å². The molecule has 0 unspecified atom stereocenters. The summed E-state index contributed by atoms with van der Waals surface area (Å²) in [6, 6.07) is 25.9. The first-order valence-corrected chi connectivity index (χ1v) is 18.3. The van der Waals surface area contributed by atoms with Crippen molar-refractivity contribution >= 4 is 31.7 Å². The lowest BCUT2D eigenvalue weighted by Crippen LogP contribution is -2.17. The van der Waals surface area contributed by atoms with Crippen LogP contribution in [0.3, 0.4) is 0 Å². The smallest absolute Gasteiger partial charge is 0.261 e. The van der Waals surface area contributed by atoms with Gasteiger partial charge in [0.1, 0.15) is 11.5 Å². The van der Waals surface area contributed by atoms with Crippen molar-refractivity contribution in [2.45, 2.75) is 78.3 Å². The van der Waals surface area contributed by atoms with Gasteiger partial charge in [0.05, 0.1) is 19.5 Å². The molecule has 0 aliphatic carbocycles. The first-order chi connectivity index (χ1) is 21.8. The Kier molecular flexibility index (Phi) is 16.2. The molecule has 0 saturated heterocycles.